The van der Waals surface area contributed by atoms with Crippen molar-refractivity contribution in [2.75, 3.05) is 22.6 Å². The quantitative estimate of drug-likeness (QED) is 0.315. The molecule has 0 spiro atoms. The molecule has 3 aromatic carbocycles. The van der Waals surface area contributed by atoms with Gasteiger partial charge in [-0.05, 0) is 54.6 Å². The number of hydrogen-bond donors (Lipinski definition) is 2. The topological polar surface area (TPSA) is 87.7 Å². The Morgan fingerprint density at radius 3 is 2.34 bits per heavy atom. The monoisotopic (exact) mass is 583 g/mol. The summed E-state index contributed by atoms with van der Waals surface area (Å²) in [5, 5.41) is 4.44. The molecular weight excluding hydrogens is 570 g/mol. The fraction of sp³-hybridized carbons (Fsp3) is 0.0800. The number of imide groups is 1. The maximum Gasteiger partial charge on any atom is 0.417 e. The van der Waals surface area contributed by atoms with Crippen molar-refractivity contribution in [3.05, 3.63) is 92.6 Å². The highest BCUT2D eigenvalue weighted by atomic mass is 35.5. The highest BCUT2D eigenvalue weighted by Crippen LogP contribution is 2.38. The van der Waals surface area contributed by atoms with Gasteiger partial charge in [0.15, 0.2) is 0 Å². The second-order valence-electron chi connectivity index (χ2n) is 7.80. The van der Waals surface area contributed by atoms with E-state index in [1.807, 2.05) is 0 Å². The average molecular weight is 585 g/mol. The van der Waals surface area contributed by atoms with Gasteiger partial charge in [0.2, 0.25) is 0 Å². The molecule has 0 radical (unpaired) electrons. The number of nitrogens with one attached hydrogen (secondary N) is 2. The average Bonchev–Trinajstić information content (AvgIpc) is 3.07. The number of carbonyl (C=O) groups is 3. The number of amides is 3. The first kappa shape index (κ1) is 27.3. The van der Waals surface area contributed by atoms with Gasteiger partial charge in [-0.25, -0.2) is 4.90 Å². The lowest BCUT2D eigenvalue weighted by Gasteiger charge is -2.18. The van der Waals surface area contributed by atoms with Crippen molar-refractivity contribution in [1.29, 1.82) is 0 Å². The van der Waals surface area contributed by atoms with Gasteiger partial charge in [0.05, 0.1) is 23.4 Å². The van der Waals surface area contributed by atoms with E-state index in [4.69, 9.17) is 39.5 Å². The molecule has 1 aliphatic rings. The minimum Gasteiger partial charge on any atom is -0.495 e. The summed E-state index contributed by atoms with van der Waals surface area (Å²) in [5.41, 5.74) is -1.15. The largest absolute Gasteiger partial charge is 0.495 e. The zero-order valence-corrected chi connectivity index (χ0v) is 21.4. The van der Waals surface area contributed by atoms with Crippen molar-refractivity contribution < 1.29 is 32.3 Å². The maximum absolute atomic E-state index is 13.1. The first-order valence-corrected chi connectivity index (χ1v) is 11.7. The lowest BCUT2D eigenvalue weighted by molar-refractivity contribution is -0.137. The Balaban J connectivity index is 1.56. The third kappa shape index (κ3) is 5.42. The van der Waals surface area contributed by atoms with Crippen molar-refractivity contribution >= 4 is 69.6 Å². The fourth-order valence-electron chi connectivity index (χ4n) is 3.57. The number of nitrogens with zero attached hydrogens (tertiary/aromatic N) is 1. The molecule has 0 saturated heterocycles. The summed E-state index contributed by atoms with van der Waals surface area (Å²) < 4.78 is 44.6. The highest BCUT2D eigenvalue weighted by Gasteiger charge is 2.40. The van der Waals surface area contributed by atoms with Gasteiger partial charge in [-0.2, -0.15) is 13.2 Å². The summed E-state index contributed by atoms with van der Waals surface area (Å²) in [5.74, 6) is -2.15. The van der Waals surface area contributed by atoms with Crippen molar-refractivity contribution in [1.82, 2.24) is 0 Å². The predicted octanol–water partition coefficient (Wildman–Crippen LogP) is 6.71. The van der Waals surface area contributed by atoms with Crippen LogP contribution in [0.15, 0.2) is 71.4 Å². The Morgan fingerprint density at radius 2 is 1.66 bits per heavy atom. The minimum atomic E-state index is -4.71. The van der Waals surface area contributed by atoms with Gasteiger partial charge in [-0.1, -0.05) is 40.9 Å². The third-order valence-electron chi connectivity index (χ3n) is 5.33. The van der Waals surface area contributed by atoms with Gasteiger partial charge in [0.25, 0.3) is 17.7 Å². The molecule has 1 heterocycles. The number of halogens is 6. The highest BCUT2D eigenvalue weighted by molar-refractivity contribution is 6.53. The molecule has 13 heteroatoms. The number of anilines is 3. The van der Waals surface area contributed by atoms with Crippen LogP contribution in [-0.2, 0) is 15.8 Å². The Hall–Kier alpha value is -3.73. The maximum atomic E-state index is 13.1. The molecule has 3 amide bonds. The van der Waals surface area contributed by atoms with Crippen LogP contribution in [0.1, 0.15) is 15.9 Å². The summed E-state index contributed by atoms with van der Waals surface area (Å²) in [4.78, 5) is 39.5. The molecule has 0 aliphatic carbocycles. The second-order valence-corrected chi connectivity index (χ2v) is 9.02. The van der Waals surface area contributed by atoms with Crippen molar-refractivity contribution in [3.8, 4) is 5.75 Å². The van der Waals surface area contributed by atoms with Crippen molar-refractivity contribution in [2.45, 2.75) is 6.18 Å². The molecule has 1 aliphatic heterocycles. The number of carbonyl (C=O) groups excluding carboxylic acids is 3. The third-order valence-corrected chi connectivity index (χ3v) is 6.25. The van der Waals surface area contributed by atoms with Gasteiger partial charge in [-0.15, -0.1) is 0 Å². The van der Waals surface area contributed by atoms with Gasteiger partial charge in [-0.3, -0.25) is 14.4 Å². The number of methoxy groups -OCH3 is 1. The molecule has 4 rings (SSSR count). The zero-order valence-electron chi connectivity index (χ0n) is 19.1. The zero-order chi connectivity index (χ0) is 27.8. The van der Waals surface area contributed by atoms with E-state index in [1.54, 1.807) is 0 Å². The summed E-state index contributed by atoms with van der Waals surface area (Å²) in [7, 11) is 1.36. The Kier molecular flexibility index (Phi) is 7.59. The number of hydrogen-bond acceptors (Lipinski definition) is 5. The second kappa shape index (κ2) is 10.6. The van der Waals surface area contributed by atoms with Crippen LogP contribution in [0.3, 0.4) is 0 Å². The summed E-state index contributed by atoms with van der Waals surface area (Å²) in [6.45, 7) is 0. The van der Waals surface area contributed by atoms with Crippen LogP contribution in [0.2, 0.25) is 10.0 Å². The Morgan fingerprint density at radius 1 is 0.921 bits per heavy atom. The van der Waals surface area contributed by atoms with E-state index in [-0.39, 0.29) is 39.1 Å². The van der Waals surface area contributed by atoms with E-state index in [0.29, 0.717) is 6.07 Å². The molecule has 3 aromatic rings. The fourth-order valence-corrected chi connectivity index (χ4v) is 4.18. The van der Waals surface area contributed by atoms with Crippen LogP contribution in [0.4, 0.5) is 30.2 Å². The van der Waals surface area contributed by atoms with E-state index in [1.165, 1.54) is 55.6 Å². The molecule has 38 heavy (non-hydrogen) atoms. The molecule has 0 saturated carbocycles. The number of ether oxygens (including phenoxy) is 1. The minimum absolute atomic E-state index is 0.0420. The van der Waals surface area contributed by atoms with Crippen molar-refractivity contribution in [2.24, 2.45) is 0 Å². The molecule has 0 fully saturated rings. The van der Waals surface area contributed by atoms with Crippen molar-refractivity contribution in [3.63, 3.8) is 0 Å². The molecule has 2 N–H and O–H groups in total. The van der Waals surface area contributed by atoms with Crippen LogP contribution < -0.4 is 20.3 Å². The van der Waals surface area contributed by atoms with Gasteiger partial charge in [0.1, 0.15) is 16.5 Å². The molecule has 7 nitrogen and oxygen atoms in total. The van der Waals surface area contributed by atoms with Crippen LogP contribution in [-0.4, -0.2) is 24.8 Å². The number of rotatable bonds is 6. The van der Waals surface area contributed by atoms with E-state index in [0.717, 1.165) is 11.0 Å². The SMILES string of the molecule is COc1ccc(Cl)cc1N1C(=O)C(Cl)=C(Nc2cccc(C(=O)Nc3ccc(Cl)c(C(F)(F)F)c3)c2)C1=O. The first-order chi connectivity index (χ1) is 17.9. The Bertz CT molecular complexity index is 1510. The van der Waals surface area contributed by atoms with Gasteiger partial charge < -0.3 is 15.4 Å². The normalized spacial score (nSPS) is 13.7. The smallest absolute Gasteiger partial charge is 0.417 e. The number of benzene rings is 3. The molecule has 0 atom stereocenters. The molecular formula is C25H15Cl3F3N3O4. The van der Waals surface area contributed by atoms with E-state index < -0.39 is 39.5 Å². The van der Waals surface area contributed by atoms with Crippen LogP contribution in [0.5, 0.6) is 5.75 Å². The molecule has 0 aromatic heterocycles. The first-order valence-electron chi connectivity index (χ1n) is 10.6. The Labute approximate surface area is 228 Å². The standard InChI is InChI=1S/C25H15Cl3F3N3O4/c1-38-19-8-5-13(26)10-18(19)34-23(36)20(28)21(24(34)37)32-14-4-2-3-12(9-14)22(35)33-15-6-7-17(27)16(11-15)25(29,30)31/h2-11,32H,1H3,(H,33,35). The lowest BCUT2D eigenvalue weighted by Crippen LogP contribution is -2.32. The van der Waals surface area contributed by atoms with E-state index in [9.17, 15) is 27.6 Å². The van der Waals surface area contributed by atoms with Crippen LogP contribution >= 0.6 is 34.8 Å². The molecule has 196 valence electrons. The molecule has 0 bridgehead atoms. The van der Waals surface area contributed by atoms with Crippen LogP contribution in [0, 0.1) is 0 Å². The van der Waals surface area contributed by atoms with Crippen LogP contribution in [0.25, 0.3) is 0 Å². The van der Waals surface area contributed by atoms with E-state index in [2.05, 4.69) is 10.6 Å². The summed E-state index contributed by atoms with van der Waals surface area (Å²) in [6, 6.07) is 13.0. The van der Waals surface area contributed by atoms with E-state index >= 15 is 0 Å². The number of alkyl halides is 3. The lowest BCUT2D eigenvalue weighted by atomic mass is 10.1. The summed E-state index contributed by atoms with van der Waals surface area (Å²) in [6.07, 6.45) is -4.71. The predicted molar refractivity (Wildman–Crippen MR) is 138 cm³/mol. The molecule has 0 unspecified atom stereocenters. The summed E-state index contributed by atoms with van der Waals surface area (Å²) >= 11 is 17.8. The van der Waals surface area contributed by atoms with Gasteiger partial charge in [0, 0.05) is 22.0 Å². The van der Waals surface area contributed by atoms with Gasteiger partial charge >= 0.3 is 6.18 Å².